The van der Waals surface area contributed by atoms with E-state index in [1.54, 1.807) is 0 Å². The van der Waals surface area contributed by atoms with E-state index in [9.17, 15) is 14.4 Å². The lowest BCUT2D eigenvalue weighted by molar-refractivity contribution is -0.109. The second-order valence-electron chi connectivity index (χ2n) is 6.43. The van der Waals surface area contributed by atoms with Crippen molar-refractivity contribution in [3.63, 3.8) is 0 Å². The third kappa shape index (κ3) is 9.41. The first-order valence-electron chi connectivity index (χ1n) is 9.54. The lowest BCUT2D eigenvalue weighted by Gasteiger charge is -2.13. The second kappa shape index (κ2) is 12.9. The van der Waals surface area contributed by atoms with Crippen molar-refractivity contribution in [2.45, 2.75) is 38.5 Å². The Morgan fingerprint density at radius 2 is 1.38 bits per heavy atom. The number of carbonyl (C=O) groups is 3. The molecule has 2 aromatic rings. The predicted molar refractivity (Wildman–Crippen MR) is 108 cm³/mol. The van der Waals surface area contributed by atoms with Gasteiger partial charge in [0, 0.05) is 6.54 Å². The topological polar surface area (TPSA) is 93.7 Å². The standard InChI is InChI=1S/C22H26N2O5/c25-15-20(24-22(27)29-17-19-11-5-2-6-12-19)13-7-8-14-23-21(26)28-16-18-9-3-1-4-10-18/h1-6,9-12,15,20H,7-8,13-14,16-17H2,(H,23,26)(H,24,27). The highest BCUT2D eigenvalue weighted by atomic mass is 16.6. The number of benzene rings is 2. The number of carbonyl (C=O) groups excluding carboxylic acids is 3. The summed E-state index contributed by atoms with van der Waals surface area (Å²) in [6.07, 6.45) is 1.35. The summed E-state index contributed by atoms with van der Waals surface area (Å²) in [5.41, 5.74) is 1.79. The minimum Gasteiger partial charge on any atom is -0.445 e. The number of hydrogen-bond acceptors (Lipinski definition) is 5. The molecule has 0 heterocycles. The van der Waals surface area contributed by atoms with Crippen LogP contribution in [0.15, 0.2) is 60.7 Å². The molecule has 2 rings (SSSR count). The van der Waals surface area contributed by atoms with Crippen LogP contribution in [-0.4, -0.2) is 31.1 Å². The molecule has 0 aliphatic heterocycles. The van der Waals surface area contributed by atoms with Crippen LogP contribution in [-0.2, 0) is 27.5 Å². The molecule has 2 aromatic carbocycles. The van der Waals surface area contributed by atoms with Gasteiger partial charge in [-0.3, -0.25) is 0 Å². The van der Waals surface area contributed by atoms with Gasteiger partial charge in [-0.1, -0.05) is 60.7 Å². The molecule has 0 radical (unpaired) electrons. The molecule has 0 spiro atoms. The third-order valence-corrected chi connectivity index (χ3v) is 4.10. The number of alkyl carbamates (subject to hydrolysis) is 2. The lowest BCUT2D eigenvalue weighted by atomic mass is 10.1. The van der Waals surface area contributed by atoms with E-state index in [1.807, 2.05) is 60.7 Å². The maximum atomic E-state index is 11.8. The largest absolute Gasteiger partial charge is 0.445 e. The van der Waals surface area contributed by atoms with Gasteiger partial charge in [0.1, 0.15) is 19.5 Å². The molecule has 7 nitrogen and oxygen atoms in total. The number of nitrogens with one attached hydrogen (secondary N) is 2. The molecule has 0 aromatic heterocycles. The van der Waals surface area contributed by atoms with Crippen LogP contribution in [0, 0.1) is 0 Å². The fraction of sp³-hybridized carbons (Fsp3) is 0.318. The van der Waals surface area contributed by atoms with Crippen molar-refractivity contribution >= 4 is 18.5 Å². The van der Waals surface area contributed by atoms with Crippen molar-refractivity contribution in [3.05, 3.63) is 71.8 Å². The van der Waals surface area contributed by atoms with E-state index >= 15 is 0 Å². The highest BCUT2D eigenvalue weighted by molar-refractivity contribution is 5.73. The summed E-state index contributed by atoms with van der Waals surface area (Å²) in [5.74, 6) is 0. The molecule has 0 aliphatic rings. The van der Waals surface area contributed by atoms with E-state index in [2.05, 4.69) is 10.6 Å². The molecule has 0 saturated carbocycles. The Bertz CT molecular complexity index is 752. The summed E-state index contributed by atoms with van der Waals surface area (Å²) in [6, 6.07) is 18.1. The Morgan fingerprint density at radius 1 is 0.828 bits per heavy atom. The van der Waals surface area contributed by atoms with Crippen LogP contribution < -0.4 is 10.6 Å². The monoisotopic (exact) mass is 398 g/mol. The molecule has 0 saturated heterocycles. The van der Waals surface area contributed by atoms with Crippen LogP contribution in [0.2, 0.25) is 0 Å². The van der Waals surface area contributed by atoms with Gasteiger partial charge in [0.15, 0.2) is 0 Å². The van der Waals surface area contributed by atoms with Gasteiger partial charge in [-0.25, -0.2) is 9.59 Å². The third-order valence-electron chi connectivity index (χ3n) is 4.10. The molecule has 1 atom stereocenters. The molecule has 2 N–H and O–H groups in total. The molecule has 1 unspecified atom stereocenters. The Labute approximate surface area is 170 Å². The summed E-state index contributed by atoms with van der Waals surface area (Å²) in [6.45, 7) is 0.791. The summed E-state index contributed by atoms with van der Waals surface area (Å²) in [7, 11) is 0. The molecule has 29 heavy (non-hydrogen) atoms. The SMILES string of the molecule is O=CC(CCCCNC(=O)OCc1ccccc1)NC(=O)OCc1ccccc1. The van der Waals surface area contributed by atoms with Crippen molar-refractivity contribution in [1.29, 1.82) is 0 Å². The summed E-state index contributed by atoms with van der Waals surface area (Å²) in [4.78, 5) is 34.6. The zero-order chi connectivity index (χ0) is 20.7. The first-order valence-corrected chi connectivity index (χ1v) is 9.54. The van der Waals surface area contributed by atoms with E-state index in [0.717, 1.165) is 11.1 Å². The Morgan fingerprint density at radius 3 is 1.93 bits per heavy atom. The van der Waals surface area contributed by atoms with Gasteiger partial charge in [-0.15, -0.1) is 0 Å². The first-order chi connectivity index (χ1) is 14.2. The van der Waals surface area contributed by atoms with Gasteiger partial charge in [0.05, 0.1) is 6.04 Å². The predicted octanol–water partition coefficient (Wildman–Crippen LogP) is 3.58. The summed E-state index contributed by atoms with van der Waals surface area (Å²) >= 11 is 0. The minimum absolute atomic E-state index is 0.146. The minimum atomic E-state index is -0.631. The molecule has 0 aliphatic carbocycles. The van der Waals surface area contributed by atoms with Crippen molar-refractivity contribution in [2.24, 2.45) is 0 Å². The number of hydrogen-bond donors (Lipinski definition) is 2. The number of ether oxygens (including phenoxy) is 2. The van der Waals surface area contributed by atoms with Gasteiger partial charge >= 0.3 is 12.2 Å². The van der Waals surface area contributed by atoms with Gasteiger partial charge in [0.2, 0.25) is 0 Å². The van der Waals surface area contributed by atoms with Crippen molar-refractivity contribution in [1.82, 2.24) is 10.6 Å². The fourth-order valence-electron chi connectivity index (χ4n) is 2.54. The van der Waals surface area contributed by atoms with Crippen molar-refractivity contribution in [3.8, 4) is 0 Å². The van der Waals surface area contributed by atoms with E-state index in [1.165, 1.54) is 0 Å². The normalized spacial score (nSPS) is 11.2. The highest BCUT2D eigenvalue weighted by Crippen LogP contribution is 2.03. The zero-order valence-electron chi connectivity index (χ0n) is 16.2. The Hall–Kier alpha value is -3.35. The smallest absolute Gasteiger partial charge is 0.408 e. The number of unbranched alkanes of at least 4 members (excludes halogenated alkanes) is 1. The molecule has 154 valence electrons. The number of aldehydes is 1. The van der Waals surface area contributed by atoms with Crippen LogP contribution >= 0.6 is 0 Å². The Kier molecular flexibility index (Phi) is 9.79. The van der Waals surface area contributed by atoms with Gasteiger partial charge in [-0.05, 0) is 30.4 Å². The van der Waals surface area contributed by atoms with Crippen LogP contribution in [0.1, 0.15) is 30.4 Å². The van der Waals surface area contributed by atoms with Gasteiger partial charge < -0.3 is 24.9 Å². The van der Waals surface area contributed by atoms with Crippen LogP contribution in [0.4, 0.5) is 9.59 Å². The van der Waals surface area contributed by atoms with Crippen LogP contribution in [0.25, 0.3) is 0 Å². The molecule has 7 heteroatoms. The summed E-state index contributed by atoms with van der Waals surface area (Å²) < 4.78 is 10.2. The second-order valence-corrected chi connectivity index (χ2v) is 6.43. The van der Waals surface area contributed by atoms with E-state index < -0.39 is 18.2 Å². The quantitative estimate of drug-likeness (QED) is 0.446. The van der Waals surface area contributed by atoms with Gasteiger partial charge in [0.25, 0.3) is 0 Å². The first kappa shape index (κ1) is 21.9. The number of amides is 2. The molecular formula is C22H26N2O5. The van der Waals surface area contributed by atoms with E-state index in [4.69, 9.17) is 9.47 Å². The van der Waals surface area contributed by atoms with Crippen molar-refractivity contribution in [2.75, 3.05) is 6.54 Å². The molecule has 2 amide bonds. The zero-order valence-corrected chi connectivity index (χ0v) is 16.2. The van der Waals surface area contributed by atoms with Gasteiger partial charge in [-0.2, -0.15) is 0 Å². The maximum absolute atomic E-state index is 11.8. The molecule has 0 fully saturated rings. The fourth-order valence-corrected chi connectivity index (χ4v) is 2.54. The number of rotatable bonds is 11. The van der Waals surface area contributed by atoms with E-state index in [0.29, 0.717) is 32.1 Å². The Balaban J connectivity index is 1.53. The average molecular weight is 398 g/mol. The van der Waals surface area contributed by atoms with Crippen molar-refractivity contribution < 1.29 is 23.9 Å². The van der Waals surface area contributed by atoms with Crippen LogP contribution in [0.3, 0.4) is 0 Å². The lowest BCUT2D eigenvalue weighted by Crippen LogP contribution is -2.36. The average Bonchev–Trinajstić information content (AvgIpc) is 2.76. The highest BCUT2D eigenvalue weighted by Gasteiger charge is 2.12. The maximum Gasteiger partial charge on any atom is 0.408 e. The molecule has 0 bridgehead atoms. The van der Waals surface area contributed by atoms with E-state index in [-0.39, 0.29) is 13.2 Å². The van der Waals surface area contributed by atoms with Crippen LogP contribution in [0.5, 0.6) is 0 Å². The summed E-state index contributed by atoms with van der Waals surface area (Å²) in [5, 5.41) is 5.20. The molecular weight excluding hydrogens is 372 g/mol.